The van der Waals surface area contributed by atoms with Crippen LogP contribution in [0.4, 0.5) is 0 Å². The normalized spacial score (nSPS) is 12.7. The third kappa shape index (κ3) is 4.33. The number of hydrogen-bond donors (Lipinski definition) is 0. The number of hydrogen-bond acceptors (Lipinski definition) is 3. The first kappa shape index (κ1) is 21.4. The van der Waals surface area contributed by atoms with Crippen molar-refractivity contribution < 1.29 is 5.79 Å². The summed E-state index contributed by atoms with van der Waals surface area (Å²) in [5.41, 5.74) is 7.47. The molecule has 5 rings (SSSR count). The fourth-order valence-electron chi connectivity index (χ4n) is 4.34. The van der Waals surface area contributed by atoms with E-state index in [1.54, 1.807) is 0 Å². The van der Waals surface area contributed by atoms with Gasteiger partial charge >= 0.3 is 200 Å². The summed E-state index contributed by atoms with van der Waals surface area (Å²) in [6.45, 7) is 3.93. The molecule has 0 saturated heterocycles. The van der Waals surface area contributed by atoms with Gasteiger partial charge in [-0.3, -0.25) is 0 Å². The molecule has 0 radical (unpaired) electrons. The van der Waals surface area contributed by atoms with Gasteiger partial charge in [0.2, 0.25) is 0 Å². The van der Waals surface area contributed by atoms with Gasteiger partial charge in [0.25, 0.3) is 0 Å². The van der Waals surface area contributed by atoms with E-state index in [-0.39, 0.29) is 0 Å². The average molecular weight is 508 g/mol. The van der Waals surface area contributed by atoms with Crippen molar-refractivity contribution in [2.75, 3.05) is 0 Å². The van der Waals surface area contributed by atoms with Gasteiger partial charge in [0.15, 0.2) is 0 Å². The van der Waals surface area contributed by atoms with Crippen LogP contribution in [-0.2, 0) is 0 Å². The maximum atomic E-state index is 8.83. The van der Waals surface area contributed by atoms with Crippen LogP contribution in [0.1, 0.15) is 26.7 Å². The van der Waals surface area contributed by atoms with Crippen LogP contribution < -0.4 is 4.40 Å². The predicted molar refractivity (Wildman–Crippen MR) is 145 cm³/mol. The van der Waals surface area contributed by atoms with E-state index in [1.165, 1.54) is 4.40 Å². The summed E-state index contributed by atoms with van der Waals surface area (Å²) in [6, 6.07) is 26.6. The van der Waals surface area contributed by atoms with Crippen LogP contribution in [0.2, 0.25) is 17.3 Å². The molecule has 3 aromatic carbocycles. The Balaban J connectivity index is 1.75. The minimum atomic E-state index is -2.21. The maximum absolute atomic E-state index is 8.83. The van der Waals surface area contributed by atoms with Crippen LogP contribution in [0.25, 0.3) is 44.9 Å². The molecule has 170 valence electrons. The Morgan fingerprint density at radius 1 is 0.824 bits per heavy atom. The molecule has 4 heteroatoms. The molecule has 2 heterocycles. The molecule has 0 N–H and O–H groups in total. The van der Waals surface area contributed by atoms with Gasteiger partial charge in [0.1, 0.15) is 0 Å². The van der Waals surface area contributed by atoms with Crippen LogP contribution >= 0.6 is 0 Å². The van der Waals surface area contributed by atoms with Crippen LogP contribution in [0, 0.1) is 0 Å². The van der Waals surface area contributed by atoms with Crippen LogP contribution in [-0.4, -0.2) is 23.2 Å². The molecule has 5 aromatic rings. The molecule has 0 atom stereocenters. The molecule has 0 bridgehead atoms. The number of rotatable bonds is 5. The molecule has 3 nitrogen and oxygen atoms in total. The zero-order valence-corrected chi connectivity index (χ0v) is 22.5. The van der Waals surface area contributed by atoms with Gasteiger partial charge in [-0.25, -0.2) is 0 Å². The van der Waals surface area contributed by atoms with E-state index < -0.39 is 19.2 Å². The van der Waals surface area contributed by atoms with E-state index in [4.69, 9.17) is 15.8 Å². The topological polar surface area (TPSA) is 38.9 Å². The number of benzene rings is 3. The molecule has 0 aliphatic heterocycles. The quantitative estimate of drug-likeness (QED) is 0.227. The fraction of sp³-hybridized carbons (Fsp3) is 0.200. The van der Waals surface area contributed by atoms with Gasteiger partial charge in [0.05, 0.1) is 0 Å². The van der Waals surface area contributed by atoms with Gasteiger partial charge in [-0.15, -0.1) is 0 Å². The molecule has 0 fully saturated rings. The molecule has 0 spiro atoms. The third-order valence-corrected chi connectivity index (χ3v) is 10.4. The van der Waals surface area contributed by atoms with Crippen molar-refractivity contribution in [1.29, 1.82) is 0 Å². The van der Waals surface area contributed by atoms with E-state index >= 15 is 0 Å². The van der Waals surface area contributed by atoms with Crippen LogP contribution in [0.3, 0.4) is 0 Å². The van der Waals surface area contributed by atoms with Crippen LogP contribution in [0.15, 0.2) is 89.5 Å². The second-order valence-corrected chi connectivity index (χ2v) is 20.6. The van der Waals surface area contributed by atoms with Crippen LogP contribution in [0.5, 0.6) is 0 Å². The van der Waals surface area contributed by atoms with Gasteiger partial charge in [-0.1, -0.05) is 6.07 Å². The van der Waals surface area contributed by atoms with E-state index in [2.05, 4.69) is 47.6 Å². The predicted octanol–water partition coefficient (Wildman–Crippen LogP) is 7.89. The first-order valence-corrected chi connectivity index (χ1v) is 19.0. The van der Waals surface area contributed by atoms with Crippen molar-refractivity contribution in [3.63, 3.8) is 0 Å². The second-order valence-electron chi connectivity index (χ2n) is 9.99. The summed E-state index contributed by atoms with van der Waals surface area (Å²) < 4.78 is 16.4. The van der Waals surface area contributed by atoms with E-state index in [9.17, 15) is 0 Å². The SMILES string of the molecule is [2H]C(C)(C)c1cc(-c2cc(-c3ccccc3)c3oc(-c4ccccc4)nc3c2)nc[c]1[Ge]([CH3])([CH3])[CH3]. The molecular weight excluding hydrogens is 477 g/mol. The average Bonchev–Trinajstić information content (AvgIpc) is 3.27. The number of oxazole rings is 1. The van der Waals surface area contributed by atoms with Crippen molar-refractivity contribution in [3.05, 3.63) is 90.6 Å². The zero-order valence-electron chi connectivity index (χ0n) is 21.4. The molecule has 0 aliphatic carbocycles. The summed E-state index contributed by atoms with van der Waals surface area (Å²) in [5.74, 6) is 6.96. The molecule has 0 aliphatic rings. The van der Waals surface area contributed by atoms with Gasteiger partial charge < -0.3 is 0 Å². The van der Waals surface area contributed by atoms with Crippen molar-refractivity contribution in [2.45, 2.75) is 37.0 Å². The van der Waals surface area contributed by atoms with E-state index in [0.717, 1.165) is 44.6 Å². The standard InChI is InChI=1S/C30H30GeN2O/c1-20(2)24-18-27(32-19-26(24)31(3,4)5)23-16-25(21-12-8-6-9-13-21)29-28(17-23)33-30(34-29)22-14-10-7-11-15-22/h6-20H,1-5H3/i20D. The first-order chi connectivity index (χ1) is 16.6. The third-order valence-electron chi connectivity index (χ3n) is 6.14. The Labute approximate surface area is 205 Å². The van der Waals surface area contributed by atoms with Gasteiger partial charge in [0, 0.05) is 0 Å². The molecule has 0 unspecified atom stereocenters. The molecule has 0 saturated carbocycles. The second kappa shape index (κ2) is 8.88. The number of aromatic nitrogens is 2. The van der Waals surface area contributed by atoms with Crippen molar-refractivity contribution in [2.24, 2.45) is 0 Å². The minimum absolute atomic E-state index is 0.604. The monoisotopic (exact) mass is 509 g/mol. The van der Waals surface area contributed by atoms with Crippen molar-refractivity contribution in [1.82, 2.24) is 9.97 Å². The molecule has 0 amide bonds. The summed E-state index contributed by atoms with van der Waals surface area (Å²) in [6.07, 6.45) is 2.02. The van der Waals surface area contributed by atoms with E-state index in [0.29, 0.717) is 5.89 Å². The number of fused-ring (bicyclic) bond motifs is 1. The number of nitrogens with zero attached hydrogens (tertiary/aromatic N) is 2. The summed E-state index contributed by atoms with van der Waals surface area (Å²) in [5, 5.41) is 0. The Bertz CT molecular complexity index is 1500. The Hall–Kier alpha value is -3.18. The Morgan fingerprint density at radius 3 is 2.09 bits per heavy atom. The van der Waals surface area contributed by atoms with Crippen molar-refractivity contribution >= 4 is 28.8 Å². The number of pyridine rings is 1. The first-order valence-electron chi connectivity index (χ1n) is 12.2. The Morgan fingerprint density at radius 2 is 1.47 bits per heavy atom. The Kier molecular flexibility index (Phi) is 5.58. The van der Waals surface area contributed by atoms with E-state index in [1.807, 2.05) is 68.6 Å². The zero-order chi connectivity index (χ0) is 24.8. The molecule has 2 aromatic heterocycles. The van der Waals surface area contributed by atoms with Crippen molar-refractivity contribution in [3.8, 4) is 33.8 Å². The fourth-order valence-corrected chi connectivity index (χ4v) is 7.66. The molecular formula is C30H30GeN2O. The summed E-state index contributed by atoms with van der Waals surface area (Å²) >= 11 is -2.21. The van der Waals surface area contributed by atoms with Gasteiger partial charge in [-0.05, 0) is 0 Å². The summed E-state index contributed by atoms with van der Waals surface area (Å²) in [4.78, 5) is 9.76. The van der Waals surface area contributed by atoms with Gasteiger partial charge in [-0.2, -0.15) is 0 Å². The summed E-state index contributed by atoms with van der Waals surface area (Å²) in [7, 11) is 0. The molecule has 34 heavy (non-hydrogen) atoms.